The zero-order valence-electron chi connectivity index (χ0n) is 9.55. The summed E-state index contributed by atoms with van der Waals surface area (Å²) in [6.45, 7) is 5.67. The van der Waals surface area contributed by atoms with E-state index in [0.29, 0.717) is 0 Å². The maximum Gasteiger partial charge on any atom is 0.323 e. The molecular formula is C11H23NO2. The first kappa shape index (κ1) is 13.4. The van der Waals surface area contributed by atoms with Gasteiger partial charge in [0.05, 0.1) is 0 Å². The minimum atomic E-state index is -1.08. The summed E-state index contributed by atoms with van der Waals surface area (Å²) in [6.07, 6.45) is 5.58. The first-order valence-corrected chi connectivity index (χ1v) is 5.45. The van der Waals surface area contributed by atoms with Gasteiger partial charge in [-0.05, 0) is 19.3 Å². The van der Waals surface area contributed by atoms with Gasteiger partial charge in [-0.25, -0.2) is 0 Å². The van der Waals surface area contributed by atoms with Crippen LogP contribution in [-0.2, 0) is 4.79 Å². The highest BCUT2D eigenvalue weighted by Crippen LogP contribution is 2.20. The predicted octanol–water partition coefficient (Wildman–Crippen LogP) is 2.39. The molecule has 0 saturated carbocycles. The van der Waals surface area contributed by atoms with Gasteiger partial charge < -0.3 is 10.8 Å². The Kier molecular flexibility index (Phi) is 5.77. The van der Waals surface area contributed by atoms with E-state index in [4.69, 9.17) is 10.8 Å². The van der Waals surface area contributed by atoms with Crippen LogP contribution >= 0.6 is 0 Å². The molecule has 1 unspecified atom stereocenters. The first-order valence-electron chi connectivity index (χ1n) is 5.45. The number of rotatable bonds is 7. The van der Waals surface area contributed by atoms with Gasteiger partial charge in [-0.15, -0.1) is 0 Å². The maximum absolute atomic E-state index is 10.8. The number of carbonyl (C=O) groups is 1. The van der Waals surface area contributed by atoms with Crippen molar-refractivity contribution >= 4 is 5.97 Å². The molecule has 0 aliphatic rings. The second-order valence-corrected chi connectivity index (χ2v) is 4.34. The van der Waals surface area contributed by atoms with Gasteiger partial charge in [0.2, 0.25) is 0 Å². The van der Waals surface area contributed by atoms with Gasteiger partial charge in [0.15, 0.2) is 0 Å². The van der Waals surface area contributed by atoms with Crippen molar-refractivity contribution in [3.8, 4) is 0 Å². The third-order valence-electron chi connectivity index (χ3n) is 2.98. The third kappa shape index (κ3) is 4.09. The smallest absolute Gasteiger partial charge is 0.323 e. The third-order valence-corrected chi connectivity index (χ3v) is 2.98. The Hall–Kier alpha value is -0.570. The molecule has 3 nitrogen and oxygen atoms in total. The lowest BCUT2D eigenvalue weighted by Crippen LogP contribution is -2.50. The predicted molar refractivity (Wildman–Crippen MR) is 58.2 cm³/mol. The Labute approximate surface area is 86.7 Å². The molecule has 0 saturated heterocycles. The van der Waals surface area contributed by atoms with E-state index >= 15 is 0 Å². The van der Waals surface area contributed by atoms with E-state index < -0.39 is 11.5 Å². The van der Waals surface area contributed by atoms with Gasteiger partial charge in [-0.2, -0.15) is 0 Å². The van der Waals surface area contributed by atoms with E-state index in [2.05, 4.69) is 6.92 Å². The van der Waals surface area contributed by atoms with Crippen molar-refractivity contribution in [1.82, 2.24) is 0 Å². The molecule has 0 rings (SSSR count). The Morgan fingerprint density at radius 1 is 1.43 bits per heavy atom. The Morgan fingerprint density at radius 3 is 2.43 bits per heavy atom. The average Bonchev–Trinajstić information content (AvgIpc) is 2.11. The fraction of sp³-hybridized carbons (Fsp3) is 0.909. The van der Waals surface area contributed by atoms with Gasteiger partial charge in [-0.3, -0.25) is 4.79 Å². The van der Waals surface area contributed by atoms with Crippen molar-refractivity contribution in [3.63, 3.8) is 0 Å². The maximum atomic E-state index is 10.8. The lowest BCUT2D eigenvalue weighted by molar-refractivity contribution is -0.144. The molecule has 0 aromatic rings. The lowest BCUT2D eigenvalue weighted by Gasteiger charge is -2.26. The van der Waals surface area contributed by atoms with Crippen LogP contribution in [0.1, 0.15) is 52.9 Å². The van der Waals surface area contributed by atoms with E-state index in [0.717, 1.165) is 12.8 Å². The van der Waals surface area contributed by atoms with Crippen LogP contribution in [0.5, 0.6) is 0 Å². The van der Waals surface area contributed by atoms with Crippen LogP contribution in [0.3, 0.4) is 0 Å². The monoisotopic (exact) mass is 201 g/mol. The molecular weight excluding hydrogens is 178 g/mol. The molecule has 0 fully saturated rings. The molecule has 0 amide bonds. The van der Waals surface area contributed by atoms with Crippen LogP contribution < -0.4 is 5.73 Å². The van der Waals surface area contributed by atoms with Gasteiger partial charge in [-0.1, -0.05) is 39.5 Å². The first-order chi connectivity index (χ1) is 6.42. The molecule has 0 radical (unpaired) electrons. The highest BCUT2D eigenvalue weighted by Gasteiger charge is 2.33. The minimum Gasteiger partial charge on any atom is -0.480 e. The van der Waals surface area contributed by atoms with Crippen molar-refractivity contribution < 1.29 is 9.90 Å². The van der Waals surface area contributed by atoms with Crippen molar-refractivity contribution in [3.05, 3.63) is 0 Å². The summed E-state index contributed by atoms with van der Waals surface area (Å²) < 4.78 is 0. The average molecular weight is 201 g/mol. The zero-order valence-corrected chi connectivity index (χ0v) is 9.55. The van der Waals surface area contributed by atoms with E-state index in [9.17, 15) is 4.79 Å². The number of carboxylic acids is 1. The summed E-state index contributed by atoms with van der Waals surface area (Å²) in [7, 11) is 0. The molecule has 0 spiro atoms. The second-order valence-electron chi connectivity index (χ2n) is 4.34. The molecule has 0 aliphatic heterocycles. The number of hydrogen-bond acceptors (Lipinski definition) is 2. The fourth-order valence-corrected chi connectivity index (χ4v) is 1.39. The SMILES string of the molecule is CCCCCCC(C)[C@@](C)(N)C(=O)O. The second kappa shape index (κ2) is 6.02. The van der Waals surface area contributed by atoms with Gasteiger partial charge in [0.25, 0.3) is 0 Å². The number of carboxylic acid groups (broad SMARTS) is 1. The Morgan fingerprint density at radius 2 is 2.00 bits per heavy atom. The fourth-order valence-electron chi connectivity index (χ4n) is 1.39. The lowest BCUT2D eigenvalue weighted by atomic mass is 9.84. The Bertz CT molecular complexity index is 178. The molecule has 2 atom stereocenters. The highest BCUT2D eigenvalue weighted by molar-refractivity contribution is 5.78. The molecule has 0 aromatic heterocycles. The van der Waals surface area contributed by atoms with E-state index in [1.807, 2.05) is 6.92 Å². The zero-order chi connectivity index (χ0) is 11.2. The standard InChI is InChI=1S/C11H23NO2/c1-4-5-6-7-8-9(2)11(3,12)10(13)14/h9H,4-8,12H2,1-3H3,(H,13,14)/t9?,11-/m1/s1. The summed E-state index contributed by atoms with van der Waals surface area (Å²) in [4.78, 5) is 10.8. The summed E-state index contributed by atoms with van der Waals surface area (Å²) in [5, 5.41) is 8.89. The molecule has 0 aliphatic carbocycles. The van der Waals surface area contributed by atoms with Gasteiger partial charge in [0, 0.05) is 0 Å². The van der Waals surface area contributed by atoms with Crippen molar-refractivity contribution in [2.45, 2.75) is 58.4 Å². The topological polar surface area (TPSA) is 63.3 Å². The quantitative estimate of drug-likeness (QED) is 0.622. The summed E-state index contributed by atoms with van der Waals surface area (Å²) >= 11 is 0. The Balaban J connectivity index is 3.83. The summed E-state index contributed by atoms with van der Waals surface area (Å²) in [5.74, 6) is -0.864. The van der Waals surface area contributed by atoms with Crippen LogP contribution in [0.15, 0.2) is 0 Å². The number of aliphatic carboxylic acids is 1. The largest absolute Gasteiger partial charge is 0.480 e. The van der Waals surface area contributed by atoms with E-state index in [-0.39, 0.29) is 5.92 Å². The van der Waals surface area contributed by atoms with Crippen LogP contribution in [0.4, 0.5) is 0 Å². The molecule has 84 valence electrons. The number of unbranched alkanes of at least 4 members (excludes halogenated alkanes) is 3. The summed E-state index contributed by atoms with van der Waals surface area (Å²) in [6, 6.07) is 0. The highest BCUT2D eigenvalue weighted by atomic mass is 16.4. The van der Waals surface area contributed by atoms with E-state index in [1.165, 1.54) is 19.3 Å². The van der Waals surface area contributed by atoms with Crippen molar-refractivity contribution in [2.24, 2.45) is 11.7 Å². The van der Waals surface area contributed by atoms with Crippen molar-refractivity contribution in [2.75, 3.05) is 0 Å². The van der Waals surface area contributed by atoms with Gasteiger partial charge in [0.1, 0.15) is 5.54 Å². The molecule has 3 heteroatoms. The van der Waals surface area contributed by atoms with Gasteiger partial charge >= 0.3 is 5.97 Å². The van der Waals surface area contributed by atoms with Crippen molar-refractivity contribution in [1.29, 1.82) is 0 Å². The molecule has 0 bridgehead atoms. The van der Waals surface area contributed by atoms with Crippen LogP contribution in [-0.4, -0.2) is 16.6 Å². The summed E-state index contributed by atoms with van der Waals surface area (Å²) in [5.41, 5.74) is 4.64. The molecule has 0 aromatic carbocycles. The van der Waals surface area contributed by atoms with Crippen LogP contribution in [0.25, 0.3) is 0 Å². The van der Waals surface area contributed by atoms with Crippen LogP contribution in [0.2, 0.25) is 0 Å². The van der Waals surface area contributed by atoms with E-state index in [1.54, 1.807) is 6.92 Å². The minimum absolute atomic E-state index is 0.0388. The molecule has 14 heavy (non-hydrogen) atoms. The molecule has 0 heterocycles. The number of nitrogens with two attached hydrogens (primary N) is 1. The normalized spacial score (nSPS) is 17.4. The van der Waals surface area contributed by atoms with Crippen LogP contribution in [0, 0.1) is 5.92 Å². The molecule has 3 N–H and O–H groups in total. The number of hydrogen-bond donors (Lipinski definition) is 2.